The molecule has 3 amide bonds. The Bertz CT molecular complexity index is 671. The summed E-state index contributed by atoms with van der Waals surface area (Å²) in [5, 5.41) is 4.00. The van der Waals surface area contributed by atoms with E-state index >= 15 is 0 Å². The third kappa shape index (κ3) is 4.00. The average Bonchev–Trinajstić information content (AvgIpc) is 3.29. The third-order valence-electron chi connectivity index (χ3n) is 5.02. The van der Waals surface area contributed by atoms with Gasteiger partial charge >= 0.3 is 11.8 Å². The molecular weight excluding hydrogens is 360 g/mol. The van der Waals surface area contributed by atoms with Crippen molar-refractivity contribution >= 4 is 29.3 Å². The van der Waals surface area contributed by atoms with E-state index in [0.717, 1.165) is 18.4 Å². The van der Waals surface area contributed by atoms with Crippen LogP contribution < -0.4 is 0 Å². The number of halogens is 1. The van der Waals surface area contributed by atoms with Crippen molar-refractivity contribution in [2.45, 2.75) is 32.6 Å². The number of piperazine rings is 1. The molecule has 3 rings (SSSR count). The van der Waals surface area contributed by atoms with Crippen molar-refractivity contribution < 1.29 is 18.9 Å². The standard InChI is InChI=1S/C17H23ClN4O4/c1-12-13(15(18)26-19-12)4-5-14(23)20-8-10-22(11-9-20)17(25)16(24)21-6-2-3-7-21/h2-11H2,1H3. The van der Waals surface area contributed by atoms with Crippen LogP contribution in [0.1, 0.15) is 30.5 Å². The average molecular weight is 383 g/mol. The van der Waals surface area contributed by atoms with Crippen molar-refractivity contribution in [1.82, 2.24) is 19.9 Å². The van der Waals surface area contributed by atoms with E-state index in [4.69, 9.17) is 16.1 Å². The summed E-state index contributed by atoms with van der Waals surface area (Å²) in [6.45, 7) is 4.76. The minimum Gasteiger partial charge on any atom is -0.344 e. The molecule has 0 N–H and O–H groups in total. The molecule has 1 aromatic heterocycles. The first-order valence-electron chi connectivity index (χ1n) is 8.94. The maximum Gasteiger partial charge on any atom is 0.312 e. The highest BCUT2D eigenvalue weighted by Crippen LogP contribution is 2.21. The fourth-order valence-corrected chi connectivity index (χ4v) is 3.65. The van der Waals surface area contributed by atoms with E-state index in [1.54, 1.807) is 21.6 Å². The van der Waals surface area contributed by atoms with E-state index in [1.807, 2.05) is 0 Å². The minimum absolute atomic E-state index is 0.000338. The van der Waals surface area contributed by atoms with Gasteiger partial charge in [0.2, 0.25) is 11.1 Å². The quantitative estimate of drug-likeness (QED) is 0.724. The Balaban J connectivity index is 1.46. The Hall–Kier alpha value is -2.09. The molecule has 2 saturated heterocycles. The van der Waals surface area contributed by atoms with Crippen LogP contribution in [-0.4, -0.2) is 76.8 Å². The monoisotopic (exact) mass is 382 g/mol. The molecule has 0 saturated carbocycles. The van der Waals surface area contributed by atoms with Gasteiger partial charge in [-0.05, 0) is 37.8 Å². The Morgan fingerprint density at radius 2 is 1.50 bits per heavy atom. The molecule has 0 aliphatic carbocycles. The van der Waals surface area contributed by atoms with Crippen molar-refractivity contribution in [3.05, 3.63) is 16.5 Å². The predicted molar refractivity (Wildman–Crippen MR) is 93.5 cm³/mol. The second-order valence-electron chi connectivity index (χ2n) is 6.69. The molecule has 3 heterocycles. The van der Waals surface area contributed by atoms with Crippen LogP contribution in [0, 0.1) is 6.92 Å². The smallest absolute Gasteiger partial charge is 0.312 e. The molecule has 0 bridgehead atoms. The van der Waals surface area contributed by atoms with Gasteiger partial charge in [0.15, 0.2) is 0 Å². The lowest BCUT2D eigenvalue weighted by atomic mass is 10.1. The number of amides is 3. The molecule has 1 aromatic rings. The van der Waals surface area contributed by atoms with Gasteiger partial charge < -0.3 is 19.2 Å². The lowest BCUT2D eigenvalue weighted by Crippen LogP contribution is -2.54. The first kappa shape index (κ1) is 18.7. The summed E-state index contributed by atoms with van der Waals surface area (Å²) in [7, 11) is 0. The van der Waals surface area contributed by atoms with E-state index in [-0.39, 0.29) is 11.1 Å². The van der Waals surface area contributed by atoms with E-state index in [2.05, 4.69) is 5.16 Å². The second-order valence-corrected chi connectivity index (χ2v) is 7.04. The molecule has 0 spiro atoms. The van der Waals surface area contributed by atoms with Gasteiger partial charge in [0.25, 0.3) is 0 Å². The third-order valence-corrected chi connectivity index (χ3v) is 5.32. The van der Waals surface area contributed by atoms with Gasteiger partial charge in [-0.25, -0.2) is 0 Å². The highest BCUT2D eigenvalue weighted by atomic mass is 35.5. The molecule has 2 aliphatic rings. The first-order chi connectivity index (χ1) is 12.5. The van der Waals surface area contributed by atoms with Gasteiger partial charge in [0, 0.05) is 51.3 Å². The molecule has 2 fully saturated rings. The van der Waals surface area contributed by atoms with Gasteiger partial charge in [-0.2, -0.15) is 0 Å². The molecule has 26 heavy (non-hydrogen) atoms. The first-order valence-corrected chi connectivity index (χ1v) is 9.31. The van der Waals surface area contributed by atoms with E-state index in [1.165, 1.54) is 0 Å². The SMILES string of the molecule is Cc1noc(Cl)c1CCC(=O)N1CCN(C(=O)C(=O)N2CCCC2)CC1. The zero-order valence-corrected chi connectivity index (χ0v) is 15.6. The Kier molecular flexibility index (Phi) is 5.80. The molecule has 0 aromatic carbocycles. The van der Waals surface area contributed by atoms with Gasteiger partial charge in [-0.1, -0.05) is 5.16 Å². The van der Waals surface area contributed by atoms with Crippen LogP contribution in [0.15, 0.2) is 4.52 Å². The summed E-state index contributed by atoms with van der Waals surface area (Å²) in [5.74, 6) is -0.870. The van der Waals surface area contributed by atoms with Gasteiger partial charge in [0.1, 0.15) is 0 Å². The van der Waals surface area contributed by atoms with Crippen LogP contribution >= 0.6 is 11.6 Å². The lowest BCUT2D eigenvalue weighted by molar-refractivity contribution is -0.153. The number of rotatable bonds is 3. The van der Waals surface area contributed by atoms with Gasteiger partial charge in [-0.15, -0.1) is 0 Å². The van der Waals surface area contributed by atoms with Crippen molar-refractivity contribution in [2.75, 3.05) is 39.3 Å². The molecular formula is C17H23ClN4O4. The molecule has 142 valence electrons. The molecule has 0 atom stereocenters. The molecule has 0 unspecified atom stereocenters. The van der Waals surface area contributed by atoms with Crippen LogP contribution in [0.2, 0.25) is 5.22 Å². The number of hydrogen-bond acceptors (Lipinski definition) is 5. The summed E-state index contributed by atoms with van der Waals surface area (Å²) >= 11 is 5.92. The van der Waals surface area contributed by atoms with Gasteiger partial charge in [-0.3, -0.25) is 14.4 Å². The summed E-state index contributed by atoms with van der Waals surface area (Å²) in [4.78, 5) is 41.8. The molecule has 9 heteroatoms. The number of carbonyl (C=O) groups is 3. The molecule has 2 aliphatic heterocycles. The van der Waals surface area contributed by atoms with E-state index in [9.17, 15) is 14.4 Å². The van der Waals surface area contributed by atoms with Crippen molar-refractivity contribution in [3.63, 3.8) is 0 Å². The molecule has 8 nitrogen and oxygen atoms in total. The largest absolute Gasteiger partial charge is 0.344 e. The zero-order valence-electron chi connectivity index (χ0n) is 14.9. The van der Waals surface area contributed by atoms with Gasteiger partial charge in [0.05, 0.1) is 5.69 Å². The normalized spacial score (nSPS) is 17.7. The number of nitrogens with zero attached hydrogens (tertiary/aromatic N) is 4. The summed E-state index contributed by atoms with van der Waals surface area (Å²) in [5.41, 5.74) is 1.45. The number of aryl methyl sites for hydroxylation is 1. The lowest BCUT2D eigenvalue weighted by Gasteiger charge is -2.35. The van der Waals surface area contributed by atoms with E-state index in [0.29, 0.717) is 57.8 Å². The van der Waals surface area contributed by atoms with E-state index < -0.39 is 11.8 Å². The maximum atomic E-state index is 12.4. The van der Waals surface area contributed by atoms with Crippen LogP contribution in [0.3, 0.4) is 0 Å². The highest BCUT2D eigenvalue weighted by Gasteiger charge is 2.31. The van der Waals surface area contributed by atoms with Crippen LogP contribution in [0.4, 0.5) is 0 Å². The number of hydrogen-bond donors (Lipinski definition) is 0. The maximum absolute atomic E-state index is 12.4. The fraction of sp³-hybridized carbons (Fsp3) is 0.647. The second kappa shape index (κ2) is 8.07. The summed E-state index contributed by atoms with van der Waals surface area (Å²) < 4.78 is 4.89. The van der Waals surface area contributed by atoms with Crippen LogP contribution in [-0.2, 0) is 20.8 Å². The van der Waals surface area contributed by atoms with Crippen LogP contribution in [0.25, 0.3) is 0 Å². The predicted octanol–water partition coefficient (Wildman–Crippen LogP) is 0.862. The molecule has 0 radical (unpaired) electrons. The highest BCUT2D eigenvalue weighted by molar-refractivity contribution is 6.35. The summed E-state index contributed by atoms with van der Waals surface area (Å²) in [6, 6.07) is 0. The Morgan fingerprint density at radius 1 is 0.962 bits per heavy atom. The summed E-state index contributed by atoms with van der Waals surface area (Å²) in [6.07, 6.45) is 2.69. The fourth-order valence-electron chi connectivity index (χ4n) is 3.38. The number of likely N-dealkylation sites (tertiary alicyclic amines) is 1. The van der Waals surface area contributed by atoms with Crippen molar-refractivity contribution in [2.24, 2.45) is 0 Å². The Labute approximate surface area is 157 Å². The number of carbonyl (C=O) groups excluding carboxylic acids is 3. The zero-order chi connectivity index (χ0) is 18.7. The van der Waals surface area contributed by atoms with Crippen molar-refractivity contribution in [3.8, 4) is 0 Å². The van der Waals surface area contributed by atoms with Crippen LogP contribution in [0.5, 0.6) is 0 Å². The Morgan fingerprint density at radius 3 is 2.04 bits per heavy atom. The minimum atomic E-state index is -0.453. The topological polar surface area (TPSA) is 87.0 Å². The number of aromatic nitrogens is 1. The van der Waals surface area contributed by atoms with Crippen molar-refractivity contribution in [1.29, 1.82) is 0 Å².